The van der Waals surface area contributed by atoms with Crippen LogP contribution in [0.25, 0.3) is 22.6 Å². The van der Waals surface area contributed by atoms with Gasteiger partial charge in [-0.25, -0.2) is 0 Å². The van der Waals surface area contributed by atoms with Crippen molar-refractivity contribution >= 4 is 5.88 Å². The van der Waals surface area contributed by atoms with Gasteiger partial charge in [0.2, 0.25) is 5.88 Å². The zero-order valence-corrected chi connectivity index (χ0v) is 9.75. The number of nitrogens with two attached hydrogens (primary N) is 1. The molecule has 0 fully saturated rings. The number of nitrogens with zero attached hydrogens (tertiary/aromatic N) is 2. The minimum atomic E-state index is 0.257. The third kappa shape index (κ3) is 1.66. The molecule has 3 rings (SSSR count). The molecule has 18 heavy (non-hydrogen) atoms. The molecule has 90 valence electrons. The number of furan rings is 1. The van der Waals surface area contributed by atoms with Crippen LogP contribution in [0, 0.1) is 6.92 Å². The molecule has 0 radical (unpaired) electrons. The van der Waals surface area contributed by atoms with Crippen molar-refractivity contribution in [2.45, 2.75) is 6.92 Å². The molecule has 2 N–H and O–H groups in total. The van der Waals surface area contributed by atoms with E-state index in [1.54, 1.807) is 12.4 Å². The largest absolute Gasteiger partial charge is 0.460 e. The van der Waals surface area contributed by atoms with Gasteiger partial charge in [0.05, 0.1) is 5.56 Å². The number of rotatable bonds is 2. The maximum Gasteiger partial charge on any atom is 0.230 e. The lowest BCUT2D eigenvalue weighted by Crippen LogP contribution is -1.87. The van der Waals surface area contributed by atoms with Crippen LogP contribution in [-0.4, -0.2) is 10.1 Å². The molecule has 0 aliphatic heterocycles. The van der Waals surface area contributed by atoms with E-state index >= 15 is 0 Å². The molecule has 3 heterocycles. The van der Waals surface area contributed by atoms with E-state index < -0.39 is 0 Å². The molecule has 0 aromatic carbocycles. The Labute approximate surface area is 103 Å². The first kappa shape index (κ1) is 10.6. The maximum atomic E-state index is 5.82. The normalized spacial score (nSPS) is 10.7. The van der Waals surface area contributed by atoms with Gasteiger partial charge in [0.15, 0.2) is 11.5 Å². The Morgan fingerprint density at radius 2 is 2.11 bits per heavy atom. The fourth-order valence-corrected chi connectivity index (χ4v) is 1.82. The topological polar surface area (TPSA) is 78.1 Å². The number of pyridine rings is 1. The van der Waals surface area contributed by atoms with Gasteiger partial charge in [0.25, 0.3) is 0 Å². The van der Waals surface area contributed by atoms with E-state index in [-0.39, 0.29) is 5.88 Å². The molecule has 5 heteroatoms. The molecule has 3 aromatic heterocycles. The van der Waals surface area contributed by atoms with Crippen LogP contribution in [0.2, 0.25) is 0 Å². The fourth-order valence-electron chi connectivity index (χ4n) is 1.82. The highest BCUT2D eigenvalue weighted by Crippen LogP contribution is 2.36. The average molecular weight is 241 g/mol. The van der Waals surface area contributed by atoms with Gasteiger partial charge in [-0.2, -0.15) is 0 Å². The summed E-state index contributed by atoms with van der Waals surface area (Å²) >= 11 is 0. The summed E-state index contributed by atoms with van der Waals surface area (Å²) < 4.78 is 10.6. The predicted octanol–water partition coefficient (Wildman–Crippen LogP) is 2.89. The molecule has 0 unspecified atom stereocenters. The Bertz CT molecular complexity index is 671. The van der Waals surface area contributed by atoms with Crippen molar-refractivity contribution in [3.63, 3.8) is 0 Å². The number of nitrogen functional groups attached to an aromatic ring is 1. The minimum absolute atomic E-state index is 0.257. The van der Waals surface area contributed by atoms with E-state index in [2.05, 4.69) is 10.1 Å². The van der Waals surface area contributed by atoms with Crippen molar-refractivity contribution in [1.82, 2.24) is 10.1 Å². The van der Waals surface area contributed by atoms with E-state index in [1.807, 2.05) is 31.2 Å². The van der Waals surface area contributed by atoms with Crippen LogP contribution in [0.4, 0.5) is 5.88 Å². The van der Waals surface area contributed by atoms with Gasteiger partial charge in [-0.15, -0.1) is 0 Å². The van der Waals surface area contributed by atoms with Gasteiger partial charge in [-0.05, 0) is 25.1 Å². The minimum Gasteiger partial charge on any atom is -0.460 e. The monoisotopic (exact) mass is 241 g/mol. The molecular formula is C13H11N3O2. The van der Waals surface area contributed by atoms with E-state index in [1.165, 1.54) is 0 Å². The van der Waals surface area contributed by atoms with Gasteiger partial charge in [0, 0.05) is 18.0 Å². The SMILES string of the molecule is Cc1ccc(-c2noc(N)c2-c2cccnc2)o1. The average Bonchev–Trinajstić information content (AvgIpc) is 2.96. The first-order chi connectivity index (χ1) is 8.75. The second-order valence-corrected chi connectivity index (χ2v) is 3.92. The highest BCUT2D eigenvalue weighted by atomic mass is 16.5. The Hall–Kier alpha value is -2.56. The second kappa shape index (κ2) is 4.03. The molecule has 0 bridgehead atoms. The molecule has 3 aromatic rings. The maximum absolute atomic E-state index is 5.82. The van der Waals surface area contributed by atoms with Crippen LogP contribution in [0.5, 0.6) is 0 Å². The number of anilines is 1. The molecule has 0 spiro atoms. The highest BCUT2D eigenvalue weighted by Gasteiger charge is 2.19. The number of hydrogen-bond acceptors (Lipinski definition) is 5. The Balaban J connectivity index is 2.18. The third-order valence-electron chi connectivity index (χ3n) is 2.64. The standard InChI is InChI=1S/C13H11N3O2/c1-8-4-5-10(17-8)12-11(13(14)18-16-12)9-3-2-6-15-7-9/h2-7H,14H2,1H3. The summed E-state index contributed by atoms with van der Waals surface area (Å²) in [6.07, 6.45) is 3.41. The zero-order valence-electron chi connectivity index (χ0n) is 9.75. The van der Waals surface area contributed by atoms with Gasteiger partial charge in [0.1, 0.15) is 5.76 Å². The summed E-state index contributed by atoms with van der Waals surface area (Å²) in [6.45, 7) is 1.87. The summed E-state index contributed by atoms with van der Waals surface area (Å²) in [5.74, 6) is 1.70. The first-order valence-corrected chi connectivity index (χ1v) is 5.48. The van der Waals surface area contributed by atoms with Crippen molar-refractivity contribution in [3.8, 4) is 22.6 Å². The lowest BCUT2D eigenvalue weighted by Gasteiger charge is -1.99. The zero-order chi connectivity index (χ0) is 12.5. The number of hydrogen-bond donors (Lipinski definition) is 1. The summed E-state index contributed by atoms with van der Waals surface area (Å²) in [4.78, 5) is 4.07. The summed E-state index contributed by atoms with van der Waals surface area (Å²) in [6, 6.07) is 7.44. The number of aryl methyl sites for hydroxylation is 1. The van der Waals surface area contributed by atoms with Gasteiger partial charge in [-0.1, -0.05) is 11.2 Å². The van der Waals surface area contributed by atoms with Crippen LogP contribution in [0.15, 0.2) is 45.6 Å². The second-order valence-electron chi connectivity index (χ2n) is 3.92. The molecule has 0 aliphatic carbocycles. The molecular weight excluding hydrogens is 230 g/mol. The van der Waals surface area contributed by atoms with Gasteiger partial charge in [-0.3, -0.25) is 4.98 Å². The Morgan fingerprint density at radius 1 is 1.22 bits per heavy atom. The van der Waals surface area contributed by atoms with Crippen LogP contribution in [0.1, 0.15) is 5.76 Å². The van der Waals surface area contributed by atoms with E-state index in [9.17, 15) is 0 Å². The number of aromatic nitrogens is 2. The van der Waals surface area contributed by atoms with Crippen molar-refractivity contribution in [3.05, 3.63) is 42.4 Å². The lowest BCUT2D eigenvalue weighted by atomic mass is 10.1. The van der Waals surface area contributed by atoms with E-state index in [0.717, 1.165) is 11.3 Å². The third-order valence-corrected chi connectivity index (χ3v) is 2.64. The van der Waals surface area contributed by atoms with Gasteiger partial charge >= 0.3 is 0 Å². The lowest BCUT2D eigenvalue weighted by molar-refractivity contribution is 0.435. The van der Waals surface area contributed by atoms with Crippen LogP contribution in [-0.2, 0) is 0 Å². The quantitative estimate of drug-likeness (QED) is 0.746. The van der Waals surface area contributed by atoms with Crippen molar-refractivity contribution < 1.29 is 8.94 Å². The molecule has 5 nitrogen and oxygen atoms in total. The van der Waals surface area contributed by atoms with Crippen LogP contribution in [0.3, 0.4) is 0 Å². The fraction of sp³-hybridized carbons (Fsp3) is 0.0769. The Kier molecular flexibility index (Phi) is 2.37. The summed E-state index contributed by atoms with van der Waals surface area (Å²) in [5, 5.41) is 3.95. The van der Waals surface area contributed by atoms with Crippen molar-refractivity contribution in [2.75, 3.05) is 5.73 Å². The van der Waals surface area contributed by atoms with E-state index in [4.69, 9.17) is 14.7 Å². The first-order valence-electron chi connectivity index (χ1n) is 5.48. The highest BCUT2D eigenvalue weighted by molar-refractivity contribution is 5.84. The Morgan fingerprint density at radius 3 is 2.78 bits per heavy atom. The van der Waals surface area contributed by atoms with Crippen LogP contribution < -0.4 is 5.73 Å². The van der Waals surface area contributed by atoms with E-state index in [0.29, 0.717) is 17.0 Å². The summed E-state index contributed by atoms with van der Waals surface area (Å²) in [5.41, 5.74) is 7.96. The smallest absolute Gasteiger partial charge is 0.230 e. The van der Waals surface area contributed by atoms with Crippen LogP contribution >= 0.6 is 0 Å². The van der Waals surface area contributed by atoms with Crippen molar-refractivity contribution in [1.29, 1.82) is 0 Å². The summed E-state index contributed by atoms with van der Waals surface area (Å²) in [7, 11) is 0. The van der Waals surface area contributed by atoms with Gasteiger partial charge < -0.3 is 14.7 Å². The molecule has 0 amide bonds. The molecule has 0 saturated carbocycles. The molecule has 0 atom stereocenters. The van der Waals surface area contributed by atoms with Crippen molar-refractivity contribution in [2.24, 2.45) is 0 Å². The predicted molar refractivity (Wildman–Crippen MR) is 66.6 cm³/mol. The molecule has 0 saturated heterocycles. The molecule has 0 aliphatic rings.